The van der Waals surface area contributed by atoms with Crippen LogP contribution in [-0.4, -0.2) is 6.29 Å². The second kappa shape index (κ2) is 5.24. The molecule has 0 aliphatic rings. The standard InChI is InChI=1S/C19H22O/c1-11-7-13(3)18(14(4)8-11)19-15(5)9-12(2)17(10-20)16(19)6/h7-10H,1-6H3. The van der Waals surface area contributed by atoms with E-state index in [1.54, 1.807) is 0 Å². The number of carbonyl (C=O) groups is 1. The molecular formula is C19H22O. The van der Waals surface area contributed by atoms with E-state index >= 15 is 0 Å². The Hall–Kier alpha value is -1.89. The maximum atomic E-state index is 11.4. The first-order valence-electron chi connectivity index (χ1n) is 7.01. The van der Waals surface area contributed by atoms with E-state index in [9.17, 15) is 4.79 Å². The molecule has 20 heavy (non-hydrogen) atoms. The van der Waals surface area contributed by atoms with Crippen LogP contribution in [0, 0.1) is 41.5 Å². The summed E-state index contributed by atoms with van der Waals surface area (Å²) in [7, 11) is 0. The topological polar surface area (TPSA) is 17.1 Å². The largest absolute Gasteiger partial charge is 0.298 e. The highest BCUT2D eigenvalue weighted by Crippen LogP contribution is 2.35. The van der Waals surface area contributed by atoms with Crippen LogP contribution in [-0.2, 0) is 0 Å². The second-order valence-corrected chi connectivity index (χ2v) is 5.82. The minimum Gasteiger partial charge on any atom is -0.298 e. The van der Waals surface area contributed by atoms with Gasteiger partial charge in [-0.05, 0) is 80.5 Å². The van der Waals surface area contributed by atoms with E-state index in [0.717, 1.165) is 23.0 Å². The van der Waals surface area contributed by atoms with Crippen molar-refractivity contribution in [2.45, 2.75) is 41.5 Å². The van der Waals surface area contributed by atoms with Crippen molar-refractivity contribution >= 4 is 6.29 Å². The molecule has 0 aromatic heterocycles. The van der Waals surface area contributed by atoms with Crippen molar-refractivity contribution in [2.24, 2.45) is 0 Å². The van der Waals surface area contributed by atoms with Gasteiger partial charge in [0.1, 0.15) is 0 Å². The Morgan fingerprint density at radius 1 is 0.700 bits per heavy atom. The fourth-order valence-electron chi connectivity index (χ4n) is 3.34. The zero-order valence-corrected chi connectivity index (χ0v) is 13.2. The zero-order chi connectivity index (χ0) is 15.0. The van der Waals surface area contributed by atoms with Crippen LogP contribution in [0.3, 0.4) is 0 Å². The lowest BCUT2D eigenvalue weighted by Gasteiger charge is -2.19. The van der Waals surface area contributed by atoms with Gasteiger partial charge >= 0.3 is 0 Å². The Kier molecular flexibility index (Phi) is 3.80. The number of rotatable bonds is 2. The molecule has 0 heterocycles. The van der Waals surface area contributed by atoms with Crippen molar-refractivity contribution in [3.05, 3.63) is 57.1 Å². The van der Waals surface area contributed by atoms with E-state index < -0.39 is 0 Å². The lowest BCUT2D eigenvalue weighted by Crippen LogP contribution is -2.01. The molecule has 0 saturated carbocycles. The van der Waals surface area contributed by atoms with Gasteiger partial charge in [0.05, 0.1) is 0 Å². The van der Waals surface area contributed by atoms with E-state index in [-0.39, 0.29) is 0 Å². The summed E-state index contributed by atoms with van der Waals surface area (Å²) in [6, 6.07) is 6.54. The molecule has 0 radical (unpaired) electrons. The summed E-state index contributed by atoms with van der Waals surface area (Å²) in [6.45, 7) is 12.6. The number of aryl methyl sites for hydroxylation is 5. The summed E-state index contributed by atoms with van der Waals surface area (Å²) in [6.07, 6.45) is 0.979. The lowest BCUT2D eigenvalue weighted by atomic mass is 9.85. The number of aldehydes is 1. The van der Waals surface area contributed by atoms with Crippen molar-refractivity contribution in [3.8, 4) is 11.1 Å². The first-order valence-corrected chi connectivity index (χ1v) is 7.01. The molecule has 2 aromatic carbocycles. The highest BCUT2D eigenvalue weighted by molar-refractivity contribution is 5.87. The van der Waals surface area contributed by atoms with Crippen LogP contribution >= 0.6 is 0 Å². The van der Waals surface area contributed by atoms with Gasteiger partial charge in [0, 0.05) is 5.56 Å². The molecule has 0 amide bonds. The van der Waals surface area contributed by atoms with Crippen LogP contribution in [0.25, 0.3) is 11.1 Å². The van der Waals surface area contributed by atoms with Gasteiger partial charge in [0.2, 0.25) is 0 Å². The van der Waals surface area contributed by atoms with Crippen molar-refractivity contribution in [1.82, 2.24) is 0 Å². The van der Waals surface area contributed by atoms with Gasteiger partial charge in [-0.2, -0.15) is 0 Å². The van der Waals surface area contributed by atoms with Crippen LogP contribution in [0.1, 0.15) is 43.7 Å². The van der Waals surface area contributed by atoms with Gasteiger partial charge in [-0.25, -0.2) is 0 Å². The Morgan fingerprint density at radius 3 is 1.70 bits per heavy atom. The van der Waals surface area contributed by atoms with Crippen LogP contribution in [0.4, 0.5) is 0 Å². The molecular weight excluding hydrogens is 244 g/mol. The Bertz CT molecular complexity index is 670. The first-order chi connectivity index (χ1) is 9.36. The molecule has 0 fully saturated rings. The molecule has 0 bridgehead atoms. The Balaban J connectivity index is 2.87. The highest BCUT2D eigenvalue weighted by Gasteiger charge is 2.15. The number of carbonyl (C=O) groups excluding carboxylic acids is 1. The van der Waals surface area contributed by atoms with E-state index in [0.29, 0.717) is 0 Å². The molecule has 1 nitrogen and oxygen atoms in total. The summed E-state index contributed by atoms with van der Waals surface area (Å²) in [5, 5.41) is 0. The third-order valence-corrected chi connectivity index (χ3v) is 4.08. The monoisotopic (exact) mass is 266 g/mol. The predicted molar refractivity (Wildman–Crippen MR) is 85.7 cm³/mol. The highest BCUT2D eigenvalue weighted by atomic mass is 16.1. The average molecular weight is 266 g/mol. The molecule has 0 spiro atoms. The zero-order valence-electron chi connectivity index (χ0n) is 13.2. The van der Waals surface area contributed by atoms with E-state index in [4.69, 9.17) is 0 Å². The summed E-state index contributed by atoms with van der Waals surface area (Å²) < 4.78 is 0. The average Bonchev–Trinajstić information content (AvgIpc) is 2.32. The number of hydrogen-bond donors (Lipinski definition) is 0. The normalized spacial score (nSPS) is 10.7. The van der Waals surface area contributed by atoms with Gasteiger partial charge in [-0.3, -0.25) is 4.79 Å². The molecule has 104 valence electrons. The SMILES string of the molecule is Cc1cc(C)c(-c2c(C)cc(C)c(C=O)c2C)c(C)c1. The van der Waals surface area contributed by atoms with Crippen LogP contribution in [0.5, 0.6) is 0 Å². The first kappa shape index (κ1) is 14.5. The fourth-order valence-corrected chi connectivity index (χ4v) is 3.34. The molecule has 0 aliphatic heterocycles. The van der Waals surface area contributed by atoms with Crippen LogP contribution in [0.2, 0.25) is 0 Å². The van der Waals surface area contributed by atoms with Crippen molar-refractivity contribution in [1.29, 1.82) is 0 Å². The van der Waals surface area contributed by atoms with Gasteiger partial charge in [0.25, 0.3) is 0 Å². The molecule has 0 unspecified atom stereocenters. The minimum atomic E-state index is 0.824. The number of hydrogen-bond acceptors (Lipinski definition) is 1. The number of benzene rings is 2. The maximum absolute atomic E-state index is 11.4. The molecule has 2 rings (SSSR count). The van der Waals surface area contributed by atoms with E-state index in [2.05, 4.69) is 52.8 Å². The summed E-state index contributed by atoms with van der Waals surface area (Å²) in [5.74, 6) is 0. The summed E-state index contributed by atoms with van der Waals surface area (Å²) in [5.41, 5.74) is 10.5. The molecule has 0 atom stereocenters. The van der Waals surface area contributed by atoms with Gasteiger partial charge in [-0.15, -0.1) is 0 Å². The van der Waals surface area contributed by atoms with Crippen LogP contribution in [0.15, 0.2) is 18.2 Å². The smallest absolute Gasteiger partial charge is 0.150 e. The predicted octanol–water partition coefficient (Wildman–Crippen LogP) is 5.02. The maximum Gasteiger partial charge on any atom is 0.150 e. The third kappa shape index (κ3) is 2.29. The third-order valence-electron chi connectivity index (χ3n) is 4.08. The quantitative estimate of drug-likeness (QED) is 0.698. The molecule has 0 aliphatic carbocycles. The van der Waals surface area contributed by atoms with Gasteiger partial charge in [0.15, 0.2) is 6.29 Å². The van der Waals surface area contributed by atoms with Gasteiger partial charge < -0.3 is 0 Å². The lowest BCUT2D eigenvalue weighted by molar-refractivity contribution is 0.112. The van der Waals surface area contributed by atoms with Crippen molar-refractivity contribution in [2.75, 3.05) is 0 Å². The van der Waals surface area contributed by atoms with E-state index in [1.165, 1.54) is 33.4 Å². The minimum absolute atomic E-state index is 0.824. The summed E-state index contributed by atoms with van der Waals surface area (Å²) >= 11 is 0. The van der Waals surface area contributed by atoms with Crippen molar-refractivity contribution in [3.63, 3.8) is 0 Å². The fraction of sp³-hybridized carbons (Fsp3) is 0.316. The van der Waals surface area contributed by atoms with Crippen LogP contribution < -0.4 is 0 Å². The molecule has 1 heteroatoms. The molecule has 2 aromatic rings. The molecule has 0 N–H and O–H groups in total. The van der Waals surface area contributed by atoms with Crippen molar-refractivity contribution < 1.29 is 4.79 Å². The van der Waals surface area contributed by atoms with E-state index in [1.807, 2.05) is 6.92 Å². The summed E-state index contributed by atoms with van der Waals surface area (Å²) in [4.78, 5) is 11.4. The molecule has 0 saturated heterocycles. The second-order valence-electron chi connectivity index (χ2n) is 5.82. The Labute approximate surface area is 121 Å². The Morgan fingerprint density at radius 2 is 1.20 bits per heavy atom. The van der Waals surface area contributed by atoms with Gasteiger partial charge in [-0.1, -0.05) is 23.8 Å².